The highest BCUT2D eigenvalue weighted by molar-refractivity contribution is 5.97. The Kier molecular flexibility index (Phi) is 3.65. The molecule has 142 valence electrons. The fourth-order valence-corrected chi connectivity index (χ4v) is 4.25. The smallest absolute Gasteiger partial charge is 0.341 e. The lowest BCUT2D eigenvalue weighted by Crippen LogP contribution is -2.51. The molecule has 2 N–H and O–H groups in total. The molecule has 2 fully saturated rings. The molecule has 8 heteroatoms. The van der Waals surface area contributed by atoms with Gasteiger partial charge in [-0.15, -0.1) is 0 Å². The van der Waals surface area contributed by atoms with E-state index in [-0.39, 0.29) is 23.0 Å². The van der Waals surface area contributed by atoms with E-state index in [0.29, 0.717) is 30.1 Å². The van der Waals surface area contributed by atoms with Crippen LogP contribution in [0, 0.1) is 5.82 Å². The van der Waals surface area contributed by atoms with E-state index in [9.17, 15) is 14.7 Å². The number of benzene rings is 1. The van der Waals surface area contributed by atoms with Gasteiger partial charge in [-0.3, -0.25) is 4.79 Å². The van der Waals surface area contributed by atoms with Crippen LogP contribution in [0.1, 0.15) is 35.7 Å². The molecular weight excluding hydrogens is 353 g/mol. The summed E-state index contributed by atoms with van der Waals surface area (Å²) >= 11 is 0. The number of aromatic nitrogens is 1. The molecule has 3 heterocycles. The fourth-order valence-electron chi connectivity index (χ4n) is 4.25. The molecule has 1 atom stereocenters. The average molecular weight is 373 g/mol. The normalized spacial score (nSPS) is 22.0. The quantitative estimate of drug-likeness (QED) is 0.834. The number of nitrogens with zero attached hydrogens (tertiary/aromatic N) is 2. The van der Waals surface area contributed by atoms with Gasteiger partial charge >= 0.3 is 5.97 Å². The molecule has 27 heavy (non-hydrogen) atoms. The molecule has 1 aromatic heterocycles. The summed E-state index contributed by atoms with van der Waals surface area (Å²) in [5.74, 6) is -1.46. The van der Waals surface area contributed by atoms with Gasteiger partial charge in [-0.05, 0) is 18.9 Å². The molecule has 0 spiro atoms. The lowest BCUT2D eigenvalue weighted by Gasteiger charge is -2.36. The van der Waals surface area contributed by atoms with E-state index in [1.165, 1.54) is 12.3 Å². The minimum atomic E-state index is -1.30. The van der Waals surface area contributed by atoms with E-state index in [4.69, 9.17) is 4.74 Å². The molecule has 2 aliphatic heterocycles. The number of rotatable bonds is 2. The van der Waals surface area contributed by atoms with E-state index in [0.717, 1.165) is 32.4 Å². The summed E-state index contributed by atoms with van der Waals surface area (Å²) in [5.41, 5.74) is -0.0883. The van der Waals surface area contributed by atoms with Crippen LogP contribution in [0.25, 0.3) is 10.9 Å². The number of fused-ring (bicyclic) bond motifs is 5. The fraction of sp³-hybridized carbons (Fsp3) is 0.474. The minimum absolute atomic E-state index is 0.0756. The van der Waals surface area contributed by atoms with Gasteiger partial charge in [0.1, 0.15) is 11.3 Å². The number of aromatic carboxylic acids is 1. The van der Waals surface area contributed by atoms with Crippen molar-refractivity contribution in [3.05, 3.63) is 33.9 Å². The van der Waals surface area contributed by atoms with Gasteiger partial charge in [0, 0.05) is 44.3 Å². The third-order valence-electron chi connectivity index (χ3n) is 5.70. The number of hydrogen-bond donors (Lipinski definition) is 2. The van der Waals surface area contributed by atoms with Gasteiger partial charge in [0.15, 0.2) is 11.6 Å². The van der Waals surface area contributed by atoms with Gasteiger partial charge in [-0.25, -0.2) is 9.18 Å². The topological polar surface area (TPSA) is 83.8 Å². The van der Waals surface area contributed by atoms with Crippen molar-refractivity contribution in [2.24, 2.45) is 0 Å². The average Bonchev–Trinajstić information content (AvgIpc) is 3.48. The monoisotopic (exact) mass is 373 g/mol. The summed E-state index contributed by atoms with van der Waals surface area (Å²) in [6.07, 6.45) is 3.95. The molecule has 1 saturated carbocycles. The van der Waals surface area contributed by atoms with Crippen LogP contribution in [0.5, 0.6) is 5.75 Å². The molecule has 1 unspecified atom stereocenters. The van der Waals surface area contributed by atoms with Crippen molar-refractivity contribution in [2.45, 2.75) is 31.3 Å². The van der Waals surface area contributed by atoms with Crippen molar-refractivity contribution in [3.8, 4) is 5.75 Å². The number of piperazine rings is 1. The molecule has 1 aliphatic carbocycles. The van der Waals surface area contributed by atoms with Crippen LogP contribution in [0.2, 0.25) is 0 Å². The summed E-state index contributed by atoms with van der Waals surface area (Å²) in [5, 5.41) is 12.8. The highest BCUT2D eigenvalue weighted by atomic mass is 19.1. The predicted octanol–water partition coefficient (Wildman–Crippen LogP) is 1.73. The molecule has 7 nitrogen and oxygen atoms in total. The standard InChI is InChI=1S/C19H20FN3O4/c20-14-7-12-15(23(10-1-2-10)9-13(17(12)24)19(25)26)18-16(14)22-5-4-21-8-11(22)3-6-27-18/h7,9-11,21H,1-6,8H2,(H,25,26). The zero-order valence-electron chi connectivity index (χ0n) is 14.7. The van der Waals surface area contributed by atoms with Gasteiger partial charge in [-0.1, -0.05) is 0 Å². The zero-order chi connectivity index (χ0) is 18.7. The van der Waals surface area contributed by atoms with E-state index in [1.54, 1.807) is 4.57 Å². The SMILES string of the molecule is O=C(O)c1cn(C2CC2)c2c3c(c(F)cc2c1=O)N1CCNCC1CCO3. The minimum Gasteiger partial charge on any atom is -0.489 e. The van der Waals surface area contributed by atoms with Gasteiger partial charge in [0.05, 0.1) is 17.5 Å². The Hall–Kier alpha value is -2.61. The number of hydrogen-bond acceptors (Lipinski definition) is 5. The summed E-state index contributed by atoms with van der Waals surface area (Å²) in [6, 6.07) is 1.44. The number of nitrogens with one attached hydrogen (secondary N) is 1. The Morgan fingerprint density at radius 3 is 2.85 bits per heavy atom. The first-order valence-corrected chi connectivity index (χ1v) is 9.31. The number of ether oxygens (including phenoxy) is 1. The highest BCUT2D eigenvalue weighted by Crippen LogP contribution is 2.45. The van der Waals surface area contributed by atoms with Crippen LogP contribution in [0.4, 0.5) is 10.1 Å². The van der Waals surface area contributed by atoms with Crippen LogP contribution in [0.3, 0.4) is 0 Å². The first-order valence-electron chi connectivity index (χ1n) is 9.31. The molecule has 1 saturated heterocycles. The first kappa shape index (κ1) is 16.6. The molecule has 0 amide bonds. The maximum atomic E-state index is 15.2. The van der Waals surface area contributed by atoms with Gasteiger partial charge in [-0.2, -0.15) is 0 Å². The van der Waals surface area contributed by atoms with Crippen LogP contribution >= 0.6 is 0 Å². The molecule has 5 rings (SSSR count). The molecular formula is C19H20FN3O4. The van der Waals surface area contributed by atoms with Crippen molar-refractivity contribution in [1.82, 2.24) is 9.88 Å². The van der Waals surface area contributed by atoms with E-state index < -0.39 is 17.2 Å². The number of pyridine rings is 1. The second-order valence-electron chi connectivity index (χ2n) is 7.44. The second kappa shape index (κ2) is 5.95. The van der Waals surface area contributed by atoms with Crippen molar-refractivity contribution in [3.63, 3.8) is 0 Å². The number of carboxylic acids is 1. The van der Waals surface area contributed by atoms with Gasteiger partial charge in [0.25, 0.3) is 0 Å². The lowest BCUT2D eigenvalue weighted by molar-refractivity contribution is 0.0695. The summed E-state index contributed by atoms with van der Waals surface area (Å²) in [7, 11) is 0. The summed E-state index contributed by atoms with van der Waals surface area (Å²) in [4.78, 5) is 26.3. The van der Waals surface area contributed by atoms with Gasteiger partial charge < -0.3 is 24.6 Å². The Labute approximate surface area is 154 Å². The van der Waals surface area contributed by atoms with Crippen molar-refractivity contribution >= 4 is 22.6 Å². The number of anilines is 1. The van der Waals surface area contributed by atoms with E-state index >= 15 is 4.39 Å². The third-order valence-corrected chi connectivity index (χ3v) is 5.70. The largest absolute Gasteiger partial charge is 0.489 e. The molecule has 0 bridgehead atoms. The van der Waals surface area contributed by atoms with Crippen molar-refractivity contribution in [1.29, 1.82) is 0 Å². The Bertz CT molecular complexity index is 1010. The van der Waals surface area contributed by atoms with Crippen molar-refractivity contribution < 1.29 is 19.0 Å². The molecule has 3 aliphatic rings. The second-order valence-corrected chi connectivity index (χ2v) is 7.44. The maximum absolute atomic E-state index is 15.2. The van der Waals surface area contributed by atoms with E-state index in [1.807, 2.05) is 4.90 Å². The summed E-state index contributed by atoms with van der Waals surface area (Å²) < 4.78 is 23.0. The Morgan fingerprint density at radius 2 is 2.11 bits per heavy atom. The lowest BCUT2D eigenvalue weighted by atomic mass is 10.1. The number of carbonyl (C=O) groups is 1. The number of carboxylic acid groups (broad SMARTS) is 1. The number of halogens is 1. The maximum Gasteiger partial charge on any atom is 0.341 e. The van der Waals surface area contributed by atoms with Crippen LogP contribution in [0.15, 0.2) is 17.1 Å². The molecule has 2 aromatic rings. The predicted molar refractivity (Wildman–Crippen MR) is 97.5 cm³/mol. The van der Waals surface area contributed by atoms with Crippen LogP contribution < -0.4 is 20.4 Å². The van der Waals surface area contributed by atoms with Crippen LogP contribution in [-0.2, 0) is 0 Å². The van der Waals surface area contributed by atoms with Gasteiger partial charge in [0.2, 0.25) is 5.43 Å². The Morgan fingerprint density at radius 1 is 1.30 bits per heavy atom. The first-order chi connectivity index (χ1) is 13.1. The van der Waals surface area contributed by atoms with Crippen molar-refractivity contribution in [2.75, 3.05) is 31.1 Å². The Balaban J connectivity index is 1.85. The molecule has 0 radical (unpaired) electrons. The van der Waals surface area contributed by atoms with E-state index in [2.05, 4.69) is 5.32 Å². The zero-order valence-corrected chi connectivity index (χ0v) is 14.7. The molecule has 1 aromatic carbocycles. The highest BCUT2D eigenvalue weighted by Gasteiger charge is 2.35. The van der Waals surface area contributed by atoms with Crippen LogP contribution in [-0.4, -0.2) is 47.9 Å². The summed E-state index contributed by atoms with van der Waals surface area (Å²) in [6.45, 7) is 2.59. The third kappa shape index (κ3) is 2.50.